The summed E-state index contributed by atoms with van der Waals surface area (Å²) < 4.78 is 62.7. The monoisotopic (exact) mass is 431 g/mol. The van der Waals surface area contributed by atoms with Crippen molar-refractivity contribution in [3.63, 3.8) is 0 Å². The standard InChI is InChI=1S/C17H21NO6S3/c1-13-4-6-14(7-5-13)27(21,22)24-16-12-18(9-3-10-23-2)26(19,20)17-15(16)8-11-25-17/h4-8,11,16H,3,9-10,12H2,1-2H3/t16-/m1/s1. The predicted molar refractivity (Wildman–Crippen MR) is 102 cm³/mol. The van der Waals surface area contributed by atoms with Gasteiger partial charge in [-0.05, 0) is 36.9 Å². The first kappa shape index (κ1) is 20.4. The third-order valence-electron chi connectivity index (χ3n) is 4.26. The van der Waals surface area contributed by atoms with Crippen LogP contribution in [0.3, 0.4) is 0 Å². The topological polar surface area (TPSA) is 90.0 Å². The molecule has 0 aliphatic carbocycles. The zero-order valence-electron chi connectivity index (χ0n) is 15.0. The van der Waals surface area contributed by atoms with Crippen molar-refractivity contribution in [3.05, 3.63) is 46.8 Å². The lowest BCUT2D eigenvalue weighted by Crippen LogP contribution is -2.41. The molecule has 1 aromatic heterocycles. The Bertz CT molecular complexity index is 996. The summed E-state index contributed by atoms with van der Waals surface area (Å²) in [6.45, 7) is 2.45. The number of methoxy groups -OCH3 is 1. The molecule has 10 heteroatoms. The normalized spacial score (nSPS) is 19.7. The molecule has 1 aromatic carbocycles. The maximum atomic E-state index is 12.8. The fourth-order valence-corrected chi connectivity index (χ4v) is 6.97. The van der Waals surface area contributed by atoms with Gasteiger partial charge in [-0.2, -0.15) is 12.7 Å². The number of hydrogen-bond acceptors (Lipinski definition) is 7. The Morgan fingerprint density at radius 2 is 1.93 bits per heavy atom. The molecule has 1 atom stereocenters. The number of nitrogens with zero attached hydrogens (tertiary/aromatic N) is 1. The van der Waals surface area contributed by atoms with Crippen molar-refractivity contribution in [1.29, 1.82) is 0 Å². The third kappa shape index (κ3) is 4.25. The molecule has 1 aliphatic rings. The van der Waals surface area contributed by atoms with E-state index in [-0.39, 0.29) is 22.2 Å². The van der Waals surface area contributed by atoms with Gasteiger partial charge in [0.05, 0.1) is 4.90 Å². The molecule has 0 radical (unpaired) electrons. The molecule has 27 heavy (non-hydrogen) atoms. The molecule has 0 amide bonds. The van der Waals surface area contributed by atoms with Gasteiger partial charge in [0.2, 0.25) is 0 Å². The van der Waals surface area contributed by atoms with Gasteiger partial charge in [0, 0.05) is 32.4 Å². The average molecular weight is 432 g/mol. The highest BCUT2D eigenvalue weighted by Crippen LogP contribution is 2.39. The number of rotatable bonds is 7. The van der Waals surface area contributed by atoms with Crippen LogP contribution in [0.2, 0.25) is 0 Å². The van der Waals surface area contributed by atoms with Crippen LogP contribution >= 0.6 is 11.3 Å². The van der Waals surface area contributed by atoms with Crippen molar-refractivity contribution in [1.82, 2.24) is 4.31 Å². The molecule has 1 aliphatic heterocycles. The average Bonchev–Trinajstić information content (AvgIpc) is 3.10. The van der Waals surface area contributed by atoms with E-state index in [0.717, 1.165) is 16.9 Å². The largest absolute Gasteiger partial charge is 0.385 e. The lowest BCUT2D eigenvalue weighted by molar-refractivity contribution is 0.155. The Labute approximate surface area is 163 Å². The number of benzene rings is 1. The Balaban J connectivity index is 1.90. The molecule has 3 rings (SSSR count). The van der Waals surface area contributed by atoms with Crippen LogP contribution in [0, 0.1) is 6.92 Å². The summed E-state index contributed by atoms with van der Waals surface area (Å²) in [5.74, 6) is 0. The van der Waals surface area contributed by atoms with E-state index < -0.39 is 26.2 Å². The Hall–Kier alpha value is -1.30. The maximum absolute atomic E-state index is 12.8. The molecule has 0 saturated heterocycles. The lowest BCUT2D eigenvalue weighted by Gasteiger charge is -2.31. The maximum Gasteiger partial charge on any atom is 0.297 e. The summed E-state index contributed by atoms with van der Waals surface area (Å²) in [5, 5.41) is 1.63. The van der Waals surface area contributed by atoms with Gasteiger partial charge in [0.1, 0.15) is 10.3 Å². The highest BCUT2D eigenvalue weighted by atomic mass is 32.2. The number of aryl methyl sites for hydroxylation is 1. The second-order valence-electron chi connectivity index (χ2n) is 6.22. The third-order valence-corrected chi connectivity index (χ3v) is 8.95. The van der Waals surface area contributed by atoms with Crippen molar-refractivity contribution < 1.29 is 25.8 Å². The molecule has 0 spiro atoms. The van der Waals surface area contributed by atoms with E-state index in [0.29, 0.717) is 18.6 Å². The minimum atomic E-state index is -4.02. The fourth-order valence-electron chi connectivity index (χ4n) is 2.84. The molecule has 0 saturated carbocycles. The molecule has 148 valence electrons. The zero-order valence-corrected chi connectivity index (χ0v) is 17.4. The number of thiophene rings is 1. The predicted octanol–water partition coefficient (Wildman–Crippen LogP) is 2.54. The summed E-state index contributed by atoms with van der Waals surface area (Å²) in [6, 6.07) is 7.95. The van der Waals surface area contributed by atoms with Crippen LogP contribution < -0.4 is 0 Å². The van der Waals surface area contributed by atoms with Crippen LogP contribution in [-0.2, 0) is 29.1 Å². The van der Waals surface area contributed by atoms with Crippen molar-refractivity contribution in [2.45, 2.75) is 28.6 Å². The number of ether oxygens (including phenoxy) is 1. The first-order valence-corrected chi connectivity index (χ1v) is 12.0. The summed E-state index contributed by atoms with van der Waals surface area (Å²) in [7, 11) is -6.14. The minimum absolute atomic E-state index is 0.0456. The van der Waals surface area contributed by atoms with E-state index in [1.165, 1.54) is 16.4 Å². The minimum Gasteiger partial charge on any atom is -0.385 e. The molecule has 7 nitrogen and oxygen atoms in total. The van der Waals surface area contributed by atoms with E-state index in [9.17, 15) is 16.8 Å². The first-order chi connectivity index (χ1) is 12.8. The van der Waals surface area contributed by atoms with Gasteiger partial charge in [-0.15, -0.1) is 11.3 Å². The van der Waals surface area contributed by atoms with Gasteiger partial charge >= 0.3 is 0 Å². The van der Waals surface area contributed by atoms with Crippen LogP contribution in [0.25, 0.3) is 0 Å². The number of fused-ring (bicyclic) bond motifs is 1. The molecule has 0 bridgehead atoms. The highest BCUT2D eigenvalue weighted by Gasteiger charge is 2.40. The van der Waals surface area contributed by atoms with E-state index in [2.05, 4.69) is 0 Å². The van der Waals surface area contributed by atoms with E-state index in [1.807, 2.05) is 6.92 Å². The van der Waals surface area contributed by atoms with Gasteiger partial charge in [-0.25, -0.2) is 8.42 Å². The lowest BCUT2D eigenvalue weighted by atomic mass is 10.2. The number of sulfonamides is 1. The van der Waals surface area contributed by atoms with Gasteiger partial charge in [-0.3, -0.25) is 4.18 Å². The number of hydrogen-bond donors (Lipinski definition) is 0. The Morgan fingerprint density at radius 1 is 1.22 bits per heavy atom. The molecule has 2 heterocycles. The van der Waals surface area contributed by atoms with Crippen molar-refractivity contribution in [2.24, 2.45) is 0 Å². The Morgan fingerprint density at radius 3 is 2.59 bits per heavy atom. The van der Waals surface area contributed by atoms with E-state index in [1.54, 1.807) is 30.7 Å². The molecule has 2 aromatic rings. The zero-order chi connectivity index (χ0) is 19.7. The summed E-state index contributed by atoms with van der Waals surface area (Å²) >= 11 is 1.07. The quantitative estimate of drug-likeness (QED) is 0.494. The molecule has 0 unspecified atom stereocenters. The van der Waals surface area contributed by atoms with Crippen LogP contribution in [0.4, 0.5) is 0 Å². The highest BCUT2D eigenvalue weighted by molar-refractivity contribution is 7.91. The van der Waals surface area contributed by atoms with Gasteiger partial charge in [-0.1, -0.05) is 17.7 Å². The smallest absolute Gasteiger partial charge is 0.297 e. The van der Waals surface area contributed by atoms with Crippen molar-refractivity contribution in [3.8, 4) is 0 Å². The van der Waals surface area contributed by atoms with Crippen LogP contribution in [0.5, 0.6) is 0 Å². The van der Waals surface area contributed by atoms with Gasteiger partial charge in [0.25, 0.3) is 20.1 Å². The van der Waals surface area contributed by atoms with Crippen LogP contribution in [0.1, 0.15) is 23.7 Å². The SMILES string of the molecule is COCCCN1C[C@@H](OS(=O)(=O)c2ccc(C)cc2)c2ccsc2S1(=O)=O. The van der Waals surface area contributed by atoms with Gasteiger partial charge < -0.3 is 4.74 Å². The van der Waals surface area contributed by atoms with Crippen LogP contribution in [0.15, 0.2) is 44.8 Å². The summed E-state index contributed by atoms with van der Waals surface area (Å²) in [4.78, 5) is 0.0456. The second kappa shape index (κ2) is 7.98. The molecule has 0 N–H and O–H groups in total. The van der Waals surface area contributed by atoms with E-state index in [4.69, 9.17) is 8.92 Å². The van der Waals surface area contributed by atoms with Gasteiger partial charge in [0.15, 0.2) is 0 Å². The van der Waals surface area contributed by atoms with Crippen molar-refractivity contribution >= 4 is 31.5 Å². The van der Waals surface area contributed by atoms with Crippen LogP contribution in [-0.4, -0.2) is 47.9 Å². The summed E-state index contributed by atoms with van der Waals surface area (Å²) in [5.41, 5.74) is 1.32. The molecule has 0 fully saturated rings. The molecular weight excluding hydrogens is 410 g/mol. The second-order valence-corrected chi connectivity index (χ2v) is 10.8. The fraction of sp³-hybridized carbons (Fsp3) is 0.412. The van der Waals surface area contributed by atoms with E-state index >= 15 is 0 Å². The van der Waals surface area contributed by atoms with Crippen molar-refractivity contribution in [2.75, 3.05) is 26.8 Å². The molecular formula is C17H21NO6S3. The Kier molecular flexibility index (Phi) is 6.04. The first-order valence-electron chi connectivity index (χ1n) is 8.32. The summed E-state index contributed by atoms with van der Waals surface area (Å²) in [6.07, 6.45) is -0.378.